The van der Waals surface area contributed by atoms with Crippen LogP contribution >= 0.6 is 0 Å². The van der Waals surface area contributed by atoms with Crippen molar-refractivity contribution in [3.05, 3.63) is 72.1 Å². The number of benzene rings is 1. The number of H-pyrrole nitrogens is 2. The van der Waals surface area contributed by atoms with Crippen molar-refractivity contribution < 1.29 is 4.39 Å². The number of nitrogens with one attached hydrogen (secondary N) is 2. The number of aliphatic imine (C=N–C) groups is 2. The lowest BCUT2D eigenvalue weighted by atomic mass is 9.93. The maximum absolute atomic E-state index is 14.8. The predicted octanol–water partition coefficient (Wildman–Crippen LogP) is 5.86. The number of pyridine rings is 2. The van der Waals surface area contributed by atoms with Crippen LogP contribution in [0.2, 0.25) is 0 Å². The Morgan fingerprint density at radius 1 is 1.00 bits per heavy atom. The highest BCUT2D eigenvalue weighted by atomic mass is 19.1. The monoisotopic (exact) mass is 520 g/mol. The van der Waals surface area contributed by atoms with Gasteiger partial charge in [-0.05, 0) is 74.4 Å². The van der Waals surface area contributed by atoms with Crippen LogP contribution in [0.4, 0.5) is 4.39 Å². The van der Waals surface area contributed by atoms with E-state index in [0.29, 0.717) is 6.54 Å². The van der Waals surface area contributed by atoms with Crippen molar-refractivity contribution in [1.29, 1.82) is 0 Å². The van der Waals surface area contributed by atoms with E-state index in [4.69, 9.17) is 0 Å². The van der Waals surface area contributed by atoms with Crippen LogP contribution in [0.25, 0.3) is 50.0 Å². The summed E-state index contributed by atoms with van der Waals surface area (Å²) in [5, 5.41) is 9.55. The Hall–Kier alpha value is -4.50. The van der Waals surface area contributed by atoms with Crippen LogP contribution in [0.15, 0.2) is 65.0 Å². The van der Waals surface area contributed by atoms with Crippen molar-refractivity contribution in [3.8, 4) is 22.5 Å². The maximum atomic E-state index is 14.8. The number of aromatic nitrogens is 5. The van der Waals surface area contributed by atoms with Crippen LogP contribution in [0.3, 0.4) is 0 Å². The minimum Gasteiger partial charge on any atom is -0.352 e. The lowest BCUT2D eigenvalue weighted by Crippen LogP contribution is -2.15. The zero-order valence-electron chi connectivity index (χ0n) is 22.1. The summed E-state index contributed by atoms with van der Waals surface area (Å²) < 4.78 is 14.8. The highest BCUT2D eigenvalue weighted by Gasteiger charge is 2.17. The Balaban J connectivity index is 1.40. The third-order valence-corrected chi connectivity index (χ3v) is 7.10. The predicted molar refractivity (Wildman–Crippen MR) is 156 cm³/mol. The molecule has 0 aliphatic carbocycles. The van der Waals surface area contributed by atoms with Crippen molar-refractivity contribution >= 4 is 39.9 Å². The molecule has 1 unspecified atom stereocenters. The number of aromatic amines is 2. The molecule has 1 aliphatic rings. The Morgan fingerprint density at radius 2 is 1.90 bits per heavy atom. The van der Waals surface area contributed by atoms with Gasteiger partial charge in [-0.25, -0.2) is 4.39 Å². The Kier molecular flexibility index (Phi) is 6.58. The topological polar surface area (TPSA) is 98.2 Å². The largest absolute Gasteiger partial charge is 0.352 e. The number of hydrogen-bond donors (Lipinski definition) is 2. The molecule has 0 spiro atoms. The molecule has 0 fully saturated rings. The van der Waals surface area contributed by atoms with Gasteiger partial charge in [0.1, 0.15) is 11.5 Å². The van der Waals surface area contributed by atoms with Crippen molar-refractivity contribution in [3.63, 3.8) is 0 Å². The van der Waals surface area contributed by atoms with E-state index in [0.717, 1.165) is 74.2 Å². The first-order chi connectivity index (χ1) is 19.0. The second kappa shape index (κ2) is 10.3. The second-order valence-electron chi connectivity index (χ2n) is 10.2. The fourth-order valence-corrected chi connectivity index (χ4v) is 4.93. The molecule has 9 heteroatoms. The van der Waals surface area contributed by atoms with E-state index in [2.05, 4.69) is 73.2 Å². The van der Waals surface area contributed by atoms with Crippen molar-refractivity contribution in [1.82, 2.24) is 30.0 Å². The molecule has 1 aromatic carbocycles. The van der Waals surface area contributed by atoms with E-state index < -0.39 is 0 Å². The number of fused-ring (bicyclic) bond motifs is 2. The zero-order valence-corrected chi connectivity index (χ0v) is 22.1. The molecule has 1 atom stereocenters. The quantitative estimate of drug-likeness (QED) is 0.281. The molecule has 8 nitrogen and oxygen atoms in total. The van der Waals surface area contributed by atoms with Crippen molar-refractivity contribution in [2.45, 2.75) is 19.3 Å². The second-order valence-corrected chi connectivity index (χ2v) is 10.2. The van der Waals surface area contributed by atoms with Crippen LogP contribution in [-0.2, 0) is 0 Å². The molecule has 5 aromatic rings. The van der Waals surface area contributed by atoms with Gasteiger partial charge in [0, 0.05) is 35.0 Å². The Morgan fingerprint density at radius 3 is 2.77 bits per heavy atom. The summed E-state index contributed by atoms with van der Waals surface area (Å²) in [7, 11) is 4.10. The van der Waals surface area contributed by atoms with Gasteiger partial charge in [0.25, 0.3) is 0 Å². The summed E-state index contributed by atoms with van der Waals surface area (Å²) in [6.45, 7) is 3.64. The van der Waals surface area contributed by atoms with Gasteiger partial charge in [-0.3, -0.25) is 25.1 Å². The molecule has 6 rings (SSSR count). The van der Waals surface area contributed by atoms with Gasteiger partial charge < -0.3 is 9.88 Å². The van der Waals surface area contributed by atoms with E-state index in [1.807, 2.05) is 12.1 Å². The van der Waals surface area contributed by atoms with Gasteiger partial charge >= 0.3 is 0 Å². The Bertz CT molecular complexity index is 1760. The first-order valence-electron chi connectivity index (χ1n) is 13.0. The van der Waals surface area contributed by atoms with Crippen molar-refractivity contribution in [2.75, 3.05) is 27.2 Å². The van der Waals surface area contributed by atoms with E-state index in [1.165, 1.54) is 0 Å². The van der Waals surface area contributed by atoms with Gasteiger partial charge in [0.2, 0.25) is 0 Å². The summed E-state index contributed by atoms with van der Waals surface area (Å²) in [5.41, 5.74) is 7.46. The molecule has 5 heterocycles. The van der Waals surface area contributed by atoms with Gasteiger partial charge in [-0.1, -0.05) is 13.0 Å². The summed E-state index contributed by atoms with van der Waals surface area (Å²) in [6.07, 6.45) is 11.6. The Labute approximate surface area is 225 Å². The number of nitrogens with zero attached hydrogens (tertiary/aromatic N) is 6. The van der Waals surface area contributed by atoms with Gasteiger partial charge in [-0.2, -0.15) is 5.10 Å². The summed E-state index contributed by atoms with van der Waals surface area (Å²) >= 11 is 0. The van der Waals surface area contributed by atoms with Gasteiger partial charge in [0.05, 0.1) is 47.1 Å². The number of halogens is 1. The first kappa shape index (κ1) is 24.8. The molecule has 2 N–H and O–H groups in total. The minimum atomic E-state index is -0.244. The fourth-order valence-electron chi connectivity index (χ4n) is 4.93. The lowest BCUT2D eigenvalue weighted by molar-refractivity contribution is 0.386. The lowest BCUT2D eigenvalue weighted by Gasteiger charge is -2.17. The third kappa shape index (κ3) is 5.00. The summed E-state index contributed by atoms with van der Waals surface area (Å²) in [6, 6.07) is 9.35. The molecule has 0 saturated carbocycles. The molecule has 0 amide bonds. The highest BCUT2D eigenvalue weighted by molar-refractivity contribution is 6.17. The molecule has 0 saturated heterocycles. The molecule has 0 bridgehead atoms. The first-order valence-corrected chi connectivity index (χ1v) is 13.0. The van der Waals surface area contributed by atoms with Crippen LogP contribution in [-0.4, -0.2) is 69.7 Å². The summed E-state index contributed by atoms with van der Waals surface area (Å²) in [5.74, 6) is -0.0142. The van der Waals surface area contributed by atoms with E-state index >= 15 is 0 Å². The van der Waals surface area contributed by atoms with Crippen LogP contribution < -0.4 is 0 Å². The average molecular weight is 521 g/mol. The average Bonchev–Trinajstić information content (AvgIpc) is 3.45. The fraction of sp³-hybridized carbons (Fsp3) is 0.233. The van der Waals surface area contributed by atoms with Crippen LogP contribution in [0, 0.1) is 5.82 Å². The zero-order chi connectivity index (χ0) is 26.9. The standard InChI is InChI=1S/C30H29FN8/c1-18(5-9-39(2)3)19-10-20(12-21(31)11-19)24-15-33-16-28-22(24)13-27(36-28)30-23-14-26(35-17-29(23)37-38-30)25-4-6-32-7-8-34-25/h4,7-8,10-18,36H,5-6,9H2,1-3H3,(H,37,38). The molecule has 196 valence electrons. The van der Waals surface area contributed by atoms with Gasteiger partial charge in [0.15, 0.2) is 0 Å². The van der Waals surface area contributed by atoms with Crippen molar-refractivity contribution in [2.24, 2.45) is 9.98 Å². The highest BCUT2D eigenvalue weighted by Crippen LogP contribution is 2.35. The molecule has 4 aromatic heterocycles. The maximum Gasteiger partial charge on any atom is 0.124 e. The molecule has 1 aliphatic heterocycles. The van der Waals surface area contributed by atoms with Crippen LogP contribution in [0.1, 0.15) is 30.5 Å². The summed E-state index contributed by atoms with van der Waals surface area (Å²) in [4.78, 5) is 23.3. The van der Waals surface area contributed by atoms with E-state index in [-0.39, 0.29) is 11.7 Å². The SMILES string of the molecule is CC(CCN(C)C)c1cc(F)cc(-c2cncc3[nH]c(-c4n[nH]c5cnc(C6=CCN=CC=N6)cc45)cc23)c1. The van der Waals surface area contributed by atoms with Crippen LogP contribution in [0.5, 0.6) is 0 Å². The van der Waals surface area contributed by atoms with E-state index in [9.17, 15) is 4.39 Å². The number of hydrogen-bond acceptors (Lipinski definition) is 6. The molecular weight excluding hydrogens is 491 g/mol. The third-order valence-electron chi connectivity index (χ3n) is 7.10. The number of rotatable bonds is 7. The minimum absolute atomic E-state index is 0.230. The van der Waals surface area contributed by atoms with E-state index in [1.54, 1.807) is 43.2 Å². The smallest absolute Gasteiger partial charge is 0.124 e. The molecule has 39 heavy (non-hydrogen) atoms. The molecule has 0 radical (unpaired) electrons. The van der Waals surface area contributed by atoms with Gasteiger partial charge in [-0.15, -0.1) is 0 Å². The molecular formula is C30H29FN8. The normalized spacial score (nSPS) is 14.3.